The Morgan fingerprint density at radius 3 is 2.38 bits per heavy atom. The molecule has 1 N–H and O–H groups in total. The van der Waals surface area contributed by atoms with Gasteiger partial charge in [0.05, 0.1) is 9.21 Å². The number of carbonyl (C=O) groups is 2. The van der Waals surface area contributed by atoms with Gasteiger partial charge in [0, 0.05) is 18.9 Å². The molecule has 5 heteroatoms. The third-order valence-electron chi connectivity index (χ3n) is 3.90. The lowest BCUT2D eigenvalue weighted by Crippen LogP contribution is -2.35. The number of carbonyl (C=O) groups excluding carboxylic acids is 2. The molecular formula is C16H22ClNO2S. The largest absolute Gasteiger partial charge is 0.353 e. The van der Waals surface area contributed by atoms with Crippen molar-refractivity contribution < 1.29 is 9.59 Å². The normalized spacial score (nSPS) is 17.0. The number of rotatable bonds is 5. The van der Waals surface area contributed by atoms with Crippen LogP contribution in [0, 0.1) is 0 Å². The number of amides is 1. The summed E-state index contributed by atoms with van der Waals surface area (Å²) in [6.07, 6.45) is 8.91. The summed E-state index contributed by atoms with van der Waals surface area (Å²) in [7, 11) is 0. The number of halogens is 1. The van der Waals surface area contributed by atoms with Gasteiger partial charge in [0.1, 0.15) is 0 Å². The molecule has 1 aromatic heterocycles. The Bertz CT molecular complexity index is 478. The first kappa shape index (κ1) is 16.5. The molecule has 1 aliphatic carbocycles. The summed E-state index contributed by atoms with van der Waals surface area (Å²) in [4.78, 5) is 24.5. The molecule has 1 aliphatic rings. The standard InChI is InChI=1S/C16H22ClNO2S/c17-15-10-9-14(21-15)13(19)8-11-16(20)18-12-6-4-2-1-3-5-7-12/h9-10,12H,1-8,11H2,(H,18,20). The predicted octanol–water partition coefficient (Wildman–Crippen LogP) is 4.59. The van der Waals surface area contributed by atoms with Crippen LogP contribution in [0.15, 0.2) is 12.1 Å². The molecule has 0 atom stereocenters. The second-order valence-corrected chi connectivity index (χ2v) is 7.35. The summed E-state index contributed by atoms with van der Waals surface area (Å²) < 4.78 is 0.609. The third kappa shape index (κ3) is 5.79. The maximum absolute atomic E-state index is 12.0. The molecule has 0 unspecified atom stereocenters. The van der Waals surface area contributed by atoms with Crippen molar-refractivity contribution in [2.75, 3.05) is 0 Å². The third-order valence-corrected chi connectivity index (χ3v) is 5.17. The van der Waals surface area contributed by atoms with E-state index in [4.69, 9.17) is 11.6 Å². The smallest absolute Gasteiger partial charge is 0.220 e. The molecule has 1 saturated carbocycles. The van der Waals surface area contributed by atoms with Crippen LogP contribution in [0.25, 0.3) is 0 Å². The van der Waals surface area contributed by atoms with Gasteiger partial charge in [-0.05, 0) is 25.0 Å². The van der Waals surface area contributed by atoms with Crippen LogP contribution in [0.5, 0.6) is 0 Å². The van der Waals surface area contributed by atoms with Gasteiger partial charge in [-0.3, -0.25) is 9.59 Å². The quantitative estimate of drug-likeness (QED) is 0.804. The van der Waals surface area contributed by atoms with Gasteiger partial charge in [-0.1, -0.05) is 43.7 Å². The number of hydrogen-bond acceptors (Lipinski definition) is 3. The van der Waals surface area contributed by atoms with E-state index in [0.717, 1.165) is 12.8 Å². The highest BCUT2D eigenvalue weighted by molar-refractivity contribution is 7.18. The van der Waals surface area contributed by atoms with Crippen LogP contribution in [0.1, 0.15) is 67.5 Å². The van der Waals surface area contributed by atoms with Crippen LogP contribution in [0.3, 0.4) is 0 Å². The van der Waals surface area contributed by atoms with Gasteiger partial charge >= 0.3 is 0 Å². The lowest BCUT2D eigenvalue weighted by molar-refractivity contribution is -0.121. The van der Waals surface area contributed by atoms with E-state index in [2.05, 4.69) is 5.32 Å². The van der Waals surface area contributed by atoms with Crippen molar-refractivity contribution in [2.24, 2.45) is 0 Å². The second-order valence-electron chi connectivity index (χ2n) is 5.64. The van der Waals surface area contributed by atoms with E-state index in [1.54, 1.807) is 12.1 Å². The van der Waals surface area contributed by atoms with E-state index in [0.29, 0.717) is 15.3 Å². The Morgan fingerprint density at radius 2 is 1.76 bits per heavy atom. The average Bonchev–Trinajstić information content (AvgIpc) is 2.86. The highest BCUT2D eigenvalue weighted by Gasteiger charge is 2.16. The van der Waals surface area contributed by atoms with Crippen molar-refractivity contribution in [3.63, 3.8) is 0 Å². The van der Waals surface area contributed by atoms with Crippen molar-refractivity contribution in [3.8, 4) is 0 Å². The second kappa shape index (κ2) is 8.54. The molecule has 0 radical (unpaired) electrons. The summed E-state index contributed by atoms with van der Waals surface area (Å²) >= 11 is 7.08. The zero-order valence-corrected chi connectivity index (χ0v) is 13.8. The number of hydrogen-bond donors (Lipinski definition) is 1. The van der Waals surface area contributed by atoms with Crippen LogP contribution in [0.2, 0.25) is 4.34 Å². The van der Waals surface area contributed by atoms with Crippen molar-refractivity contribution in [1.29, 1.82) is 0 Å². The first-order chi connectivity index (χ1) is 10.1. The van der Waals surface area contributed by atoms with Crippen molar-refractivity contribution in [3.05, 3.63) is 21.3 Å². The number of ketones is 1. The first-order valence-electron chi connectivity index (χ1n) is 7.73. The van der Waals surface area contributed by atoms with E-state index >= 15 is 0 Å². The van der Waals surface area contributed by atoms with Crippen LogP contribution < -0.4 is 5.32 Å². The predicted molar refractivity (Wildman–Crippen MR) is 87.1 cm³/mol. The molecule has 1 fully saturated rings. The molecule has 116 valence electrons. The Hall–Kier alpha value is -0.870. The highest BCUT2D eigenvalue weighted by atomic mass is 35.5. The number of thiophene rings is 1. The Balaban J connectivity index is 1.72. The Morgan fingerprint density at radius 1 is 1.10 bits per heavy atom. The van der Waals surface area contributed by atoms with E-state index in [-0.39, 0.29) is 24.5 Å². The molecule has 3 nitrogen and oxygen atoms in total. The van der Waals surface area contributed by atoms with E-state index < -0.39 is 0 Å². The molecule has 0 aliphatic heterocycles. The molecule has 1 heterocycles. The minimum atomic E-state index is -0.00317. The molecule has 0 bridgehead atoms. The van der Waals surface area contributed by atoms with Crippen molar-refractivity contribution in [2.45, 2.75) is 63.8 Å². The van der Waals surface area contributed by atoms with Crippen LogP contribution >= 0.6 is 22.9 Å². The fourth-order valence-corrected chi connectivity index (χ4v) is 3.73. The summed E-state index contributed by atoms with van der Waals surface area (Å²) in [6.45, 7) is 0. The maximum Gasteiger partial charge on any atom is 0.220 e. The van der Waals surface area contributed by atoms with E-state index in [9.17, 15) is 9.59 Å². The minimum absolute atomic E-state index is 0.000263. The molecule has 0 saturated heterocycles. The van der Waals surface area contributed by atoms with Gasteiger partial charge in [0.2, 0.25) is 5.91 Å². The summed E-state index contributed by atoms with van der Waals surface area (Å²) in [5.74, 6) is -0.00343. The van der Waals surface area contributed by atoms with Crippen LogP contribution in [0.4, 0.5) is 0 Å². The number of Topliss-reactive ketones (excluding diaryl/α,β-unsaturated/α-hetero) is 1. The van der Waals surface area contributed by atoms with Crippen molar-refractivity contribution in [1.82, 2.24) is 5.32 Å². The fourth-order valence-electron chi connectivity index (χ4n) is 2.71. The fraction of sp³-hybridized carbons (Fsp3) is 0.625. The first-order valence-corrected chi connectivity index (χ1v) is 8.92. The van der Waals surface area contributed by atoms with E-state index in [1.165, 1.54) is 43.4 Å². The Labute approximate surface area is 135 Å². The summed E-state index contributed by atoms with van der Waals surface area (Å²) in [6, 6.07) is 3.74. The Kier molecular flexibility index (Phi) is 6.71. The molecule has 21 heavy (non-hydrogen) atoms. The monoisotopic (exact) mass is 327 g/mol. The topological polar surface area (TPSA) is 46.2 Å². The zero-order valence-electron chi connectivity index (χ0n) is 12.2. The highest BCUT2D eigenvalue weighted by Crippen LogP contribution is 2.23. The molecule has 1 aromatic rings. The molecular weight excluding hydrogens is 306 g/mol. The molecule has 0 spiro atoms. The summed E-state index contributed by atoms with van der Waals surface area (Å²) in [5, 5.41) is 3.08. The van der Waals surface area contributed by atoms with Crippen LogP contribution in [-0.4, -0.2) is 17.7 Å². The van der Waals surface area contributed by atoms with Gasteiger partial charge in [-0.15, -0.1) is 11.3 Å². The number of nitrogens with one attached hydrogen (secondary N) is 1. The zero-order chi connectivity index (χ0) is 15.1. The lowest BCUT2D eigenvalue weighted by Gasteiger charge is -2.20. The average molecular weight is 328 g/mol. The minimum Gasteiger partial charge on any atom is -0.353 e. The van der Waals surface area contributed by atoms with Gasteiger partial charge in [-0.25, -0.2) is 0 Å². The molecule has 2 rings (SSSR count). The van der Waals surface area contributed by atoms with Crippen LogP contribution in [-0.2, 0) is 4.79 Å². The van der Waals surface area contributed by atoms with Gasteiger partial charge < -0.3 is 5.32 Å². The molecule has 1 amide bonds. The van der Waals surface area contributed by atoms with E-state index in [1.807, 2.05) is 0 Å². The van der Waals surface area contributed by atoms with Gasteiger partial charge in [0.15, 0.2) is 5.78 Å². The SMILES string of the molecule is O=C(CCC(=O)c1ccc(Cl)s1)NC1CCCCCCC1. The van der Waals surface area contributed by atoms with Crippen molar-refractivity contribution >= 4 is 34.6 Å². The molecule has 0 aromatic carbocycles. The van der Waals surface area contributed by atoms with Gasteiger partial charge in [-0.2, -0.15) is 0 Å². The van der Waals surface area contributed by atoms with Gasteiger partial charge in [0.25, 0.3) is 0 Å². The lowest BCUT2D eigenvalue weighted by atomic mass is 9.96. The summed E-state index contributed by atoms with van der Waals surface area (Å²) in [5.41, 5.74) is 0. The maximum atomic E-state index is 12.0.